The van der Waals surface area contributed by atoms with Gasteiger partial charge in [0.1, 0.15) is 0 Å². The SMILES string of the molecule is COCCN1C(=O)CCC12CCCN(CC1CCOC1)CC2. The molecule has 0 bridgehead atoms. The van der Waals surface area contributed by atoms with E-state index in [0.717, 1.165) is 52.0 Å². The Morgan fingerprint density at radius 1 is 1.32 bits per heavy atom. The first kappa shape index (κ1) is 16.2. The van der Waals surface area contributed by atoms with Gasteiger partial charge in [0.15, 0.2) is 0 Å². The number of ether oxygens (including phenoxy) is 2. The third kappa shape index (κ3) is 3.47. The van der Waals surface area contributed by atoms with Crippen LogP contribution in [-0.4, -0.2) is 74.4 Å². The number of rotatable bonds is 5. The number of amides is 1. The molecule has 5 heteroatoms. The highest BCUT2D eigenvalue weighted by Gasteiger charge is 2.45. The molecule has 1 amide bonds. The van der Waals surface area contributed by atoms with Gasteiger partial charge in [0.25, 0.3) is 0 Å². The van der Waals surface area contributed by atoms with E-state index in [-0.39, 0.29) is 5.54 Å². The first-order valence-corrected chi connectivity index (χ1v) is 8.83. The maximum atomic E-state index is 12.3. The highest BCUT2D eigenvalue weighted by Crippen LogP contribution is 2.39. The molecule has 0 aromatic rings. The molecule has 3 saturated heterocycles. The van der Waals surface area contributed by atoms with E-state index < -0.39 is 0 Å². The topological polar surface area (TPSA) is 42.0 Å². The van der Waals surface area contributed by atoms with Crippen LogP contribution in [0.2, 0.25) is 0 Å². The van der Waals surface area contributed by atoms with Gasteiger partial charge in [-0.25, -0.2) is 0 Å². The van der Waals surface area contributed by atoms with Gasteiger partial charge in [-0.05, 0) is 44.6 Å². The summed E-state index contributed by atoms with van der Waals surface area (Å²) in [6.45, 7) is 6.73. The number of carbonyl (C=O) groups excluding carboxylic acids is 1. The Kier molecular flexibility index (Phi) is 5.37. The van der Waals surface area contributed by atoms with Crippen LogP contribution in [0.3, 0.4) is 0 Å². The fourth-order valence-electron chi connectivity index (χ4n) is 4.45. The van der Waals surface area contributed by atoms with E-state index in [1.54, 1.807) is 7.11 Å². The Hall–Kier alpha value is -0.650. The molecule has 3 aliphatic heterocycles. The van der Waals surface area contributed by atoms with E-state index in [1.165, 1.54) is 25.9 Å². The number of methoxy groups -OCH3 is 1. The molecule has 0 N–H and O–H groups in total. The van der Waals surface area contributed by atoms with Crippen molar-refractivity contribution >= 4 is 5.91 Å². The monoisotopic (exact) mass is 310 g/mol. The zero-order chi connectivity index (χ0) is 15.4. The van der Waals surface area contributed by atoms with Gasteiger partial charge in [-0.2, -0.15) is 0 Å². The third-order valence-corrected chi connectivity index (χ3v) is 5.75. The van der Waals surface area contributed by atoms with Crippen molar-refractivity contribution in [3.63, 3.8) is 0 Å². The first-order chi connectivity index (χ1) is 10.7. The van der Waals surface area contributed by atoms with Crippen molar-refractivity contribution in [1.82, 2.24) is 9.80 Å². The number of hydrogen-bond acceptors (Lipinski definition) is 4. The van der Waals surface area contributed by atoms with Crippen LogP contribution in [0.15, 0.2) is 0 Å². The van der Waals surface area contributed by atoms with E-state index in [2.05, 4.69) is 9.80 Å². The summed E-state index contributed by atoms with van der Waals surface area (Å²) in [7, 11) is 1.71. The van der Waals surface area contributed by atoms with Crippen LogP contribution in [0.1, 0.15) is 38.5 Å². The molecule has 2 atom stereocenters. The fraction of sp³-hybridized carbons (Fsp3) is 0.941. The van der Waals surface area contributed by atoms with Crippen LogP contribution in [-0.2, 0) is 14.3 Å². The molecule has 2 unspecified atom stereocenters. The van der Waals surface area contributed by atoms with Crippen molar-refractivity contribution in [2.75, 3.05) is 53.1 Å². The fourth-order valence-corrected chi connectivity index (χ4v) is 4.45. The summed E-state index contributed by atoms with van der Waals surface area (Å²) >= 11 is 0. The summed E-state index contributed by atoms with van der Waals surface area (Å²) < 4.78 is 10.7. The normalized spacial score (nSPS) is 33.8. The summed E-state index contributed by atoms with van der Waals surface area (Å²) in [5.41, 5.74) is 0.108. The molecule has 0 aromatic carbocycles. The average Bonchev–Trinajstić information content (AvgIpc) is 3.06. The second kappa shape index (κ2) is 7.28. The minimum absolute atomic E-state index is 0.108. The molecular formula is C17H30N2O3. The van der Waals surface area contributed by atoms with Crippen LogP contribution >= 0.6 is 0 Å². The van der Waals surface area contributed by atoms with Gasteiger partial charge in [0, 0.05) is 45.3 Å². The van der Waals surface area contributed by atoms with Gasteiger partial charge in [0.2, 0.25) is 5.91 Å². The van der Waals surface area contributed by atoms with Crippen molar-refractivity contribution in [3.8, 4) is 0 Å². The van der Waals surface area contributed by atoms with E-state index in [0.29, 0.717) is 18.4 Å². The number of carbonyl (C=O) groups is 1. The average molecular weight is 310 g/mol. The predicted octanol–water partition coefficient (Wildman–Crippen LogP) is 1.52. The molecule has 3 aliphatic rings. The molecule has 5 nitrogen and oxygen atoms in total. The lowest BCUT2D eigenvalue weighted by molar-refractivity contribution is -0.132. The number of nitrogens with zero attached hydrogens (tertiary/aromatic N) is 2. The Labute approximate surface area is 133 Å². The van der Waals surface area contributed by atoms with Crippen molar-refractivity contribution in [2.45, 2.75) is 44.1 Å². The van der Waals surface area contributed by atoms with E-state index in [9.17, 15) is 4.79 Å². The largest absolute Gasteiger partial charge is 0.383 e. The number of likely N-dealkylation sites (tertiary alicyclic amines) is 2. The Morgan fingerprint density at radius 3 is 3.00 bits per heavy atom. The van der Waals surface area contributed by atoms with Crippen LogP contribution in [0.25, 0.3) is 0 Å². The van der Waals surface area contributed by atoms with E-state index >= 15 is 0 Å². The van der Waals surface area contributed by atoms with Gasteiger partial charge in [0.05, 0.1) is 13.2 Å². The van der Waals surface area contributed by atoms with E-state index in [4.69, 9.17) is 9.47 Å². The van der Waals surface area contributed by atoms with Crippen LogP contribution < -0.4 is 0 Å². The maximum absolute atomic E-state index is 12.3. The summed E-state index contributed by atoms with van der Waals surface area (Å²) in [6, 6.07) is 0. The molecule has 1 spiro atoms. The lowest BCUT2D eigenvalue weighted by atomic mass is 9.88. The minimum Gasteiger partial charge on any atom is -0.383 e. The highest BCUT2D eigenvalue weighted by molar-refractivity contribution is 5.79. The van der Waals surface area contributed by atoms with Gasteiger partial charge in [-0.3, -0.25) is 4.79 Å². The van der Waals surface area contributed by atoms with Gasteiger partial charge >= 0.3 is 0 Å². The highest BCUT2D eigenvalue weighted by atomic mass is 16.5. The lowest BCUT2D eigenvalue weighted by Crippen LogP contribution is -2.47. The Bertz CT molecular complexity index is 384. The van der Waals surface area contributed by atoms with Crippen molar-refractivity contribution in [3.05, 3.63) is 0 Å². The summed E-state index contributed by atoms with van der Waals surface area (Å²) in [6.07, 6.45) is 6.44. The summed E-state index contributed by atoms with van der Waals surface area (Å²) in [5, 5.41) is 0. The van der Waals surface area contributed by atoms with Crippen molar-refractivity contribution in [1.29, 1.82) is 0 Å². The summed E-state index contributed by atoms with van der Waals surface area (Å²) in [5.74, 6) is 1.04. The quantitative estimate of drug-likeness (QED) is 0.772. The number of hydrogen-bond donors (Lipinski definition) is 0. The van der Waals surface area contributed by atoms with Crippen LogP contribution in [0.5, 0.6) is 0 Å². The molecule has 22 heavy (non-hydrogen) atoms. The molecule has 3 rings (SSSR count). The Morgan fingerprint density at radius 2 is 2.23 bits per heavy atom. The van der Waals surface area contributed by atoms with Crippen molar-refractivity contribution in [2.24, 2.45) is 5.92 Å². The van der Waals surface area contributed by atoms with Crippen LogP contribution in [0, 0.1) is 5.92 Å². The predicted molar refractivity (Wildman–Crippen MR) is 84.8 cm³/mol. The van der Waals surface area contributed by atoms with E-state index in [1.807, 2.05) is 0 Å². The molecule has 0 aliphatic carbocycles. The second-order valence-electron chi connectivity index (χ2n) is 7.15. The van der Waals surface area contributed by atoms with Gasteiger partial charge < -0.3 is 19.3 Å². The molecule has 0 radical (unpaired) electrons. The maximum Gasteiger partial charge on any atom is 0.223 e. The first-order valence-electron chi connectivity index (χ1n) is 8.83. The smallest absolute Gasteiger partial charge is 0.223 e. The molecule has 0 aromatic heterocycles. The van der Waals surface area contributed by atoms with Crippen LogP contribution in [0.4, 0.5) is 0 Å². The summed E-state index contributed by atoms with van der Waals surface area (Å²) in [4.78, 5) is 17.0. The molecular weight excluding hydrogens is 280 g/mol. The standard InChI is InChI=1S/C17H30N2O3/c1-21-12-10-19-16(20)3-6-17(19)5-2-8-18(9-7-17)13-15-4-11-22-14-15/h15H,2-14H2,1H3. The van der Waals surface area contributed by atoms with Gasteiger partial charge in [-0.1, -0.05) is 0 Å². The molecule has 126 valence electrons. The lowest BCUT2D eigenvalue weighted by Gasteiger charge is -2.38. The molecule has 3 fully saturated rings. The van der Waals surface area contributed by atoms with Crippen molar-refractivity contribution < 1.29 is 14.3 Å². The second-order valence-corrected chi connectivity index (χ2v) is 7.15. The zero-order valence-corrected chi connectivity index (χ0v) is 13.9. The third-order valence-electron chi connectivity index (χ3n) is 5.75. The molecule has 0 saturated carbocycles. The zero-order valence-electron chi connectivity index (χ0n) is 13.9. The minimum atomic E-state index is 0.108. The van der Waals surface area contributed by atoms with Gasteiger partial charge in [-0.15, -0.1) is 0 Å². The Balaban J connectivity index is 1.59. The molecule has 3 heterocycles.